The van der Waals surface area contributed by atoms with Crippen molar-refractivity contribution in [3.05, 3.63) is 64.7 Å². The van der Waals surface area contributed by atoms with Gasteiger partial charge in [0.2, 0.25) is 0 Å². The first-order valence-corrected chi connectivity index (χ1v) is 7.35. The molecule has 1 unspecified atom stereocenters. The van der Waals surface area contributed by atoms with Crippen molar-refractivity contribution in [1.29, 1.82) is 0 Å². The maximum absolute atomic E-state index is 12.8. The summed E-state index contributed by atoms with van der Waals surface area (Å²) in [6.07, 6.45) is 0. The number of rotatable bonds is 2. The zero-order valence-electron chi connectivity index (χ0n) is 12.9. The third-order valence-corrected chi connectivity index (χ3v) is 4.08. The third-order valence-electron chi connectivity index (χ3n) is 4.08. The van der Waals surface area contributed by atoms with Gasteiger partial charge < -0.3 is 4.74 Å². The molecule has 1 aliphatic heterocycles. The molecule has 3 rings (SSSR count). The van der Waals surface area contributed by atoms with Crippen LogP contribution in [0.4, 0.5) is 0 Å². The van der Waals surface area contributed by atoms with E-state index in [4.69, 9.17) is 4.74 Å². The van der Waals surface area contributed by atoms with Crippen LogP contribution in [-0.4, -0.2) is 29.0 Å². The van der Waals surface area contributed by atoms with Gasteiger partial charge >= 0.3 is 0 Å². The van der Waals surface area contributed by atoms with Crippen LogP contribution in [-0.2, 0) is 11.4 Å². The van der Waals surface area contributed by atoms with E-state index in [2.05, 4.69) is 0 Å². The summed E-state index contributed by atoms with van der Waals surface area (Å²) in [6.45, 7) is 2.02. The summed E-state index contributed by atoms with van der Waals surface area (Å²) in [5, 5.41) is 9.87. The van der Waals surface area contributed by atoms with Crippen molar-refractivity contribution in [3.63, 3.8) is 0 Å². The quantitative estimate of drug-likeness (QED) is 0.684. The van der Waals surface area contributed by atoms with Crippen molar-refractivity contribution >= 4 is 11.7 Å². The Morgan fingerprint density at radius 2 is 1.96 bits per heavy atom. The van der Waals surface area contributed by atoms with Crippen molar-refractivity contribution < 1.29 is 19.5 Å². The lowest BCUT2D eigenvalue weighted by Crippen LogP contribution is -2.27. The van der Waals surface area contributed by atoms with Crippen molar-refractivity contribution in [3.8, 4) is 5.75 Å². The van der Waals surface area contributed by atoms with Gasteiger partial charge in [0.15, 0.2) is 5.78 Å². The fourth-order valence-corrected chi connectivity index (χ4v) is 2.71. The molecule has 1 heterocycles. The Balaban J connectivity index is 2.04. The van der Waals surface area contributed by atoms with Gasteiger partial charge in [-0.15, -0.1) is 0 Å². The second kappa shape index (κ2) is 5.85. The number of carbonyl (C=O) groups is 2. The van der Waals surface area contributed by atoms with E-state index >= 15 is 0 Å². The molecule has 2 aromatic carbocycles. The van der Waals surface area contributed by atoms with Crippen LogP contribution in [0.1, 0.15) is 39.9 Å². The SMILES string of the molecule is CC(C(=O)N(C)O)c1ccc2c(c1)C(=O)c1ccccc1CO2. The highest BCUT2D eigenvalue weighted by Gasteiger charge is 2.25. The van der Waals surface area contributed by atoms with Gasteiger partial charge in [0, 0.05) is 18.2 Å². The van der Waals surface area contributed by atoms with Crippen LogP contribution in [0.5, 0.6) is 5.75 Å². The number of amides is 1. The molecule has 5 heteroatoms. The Morgan fingerprint density at radius 3 is 2.70 bits per heavy atom. The average Bonchev–Trinajstić information content (AvgIpc) is 2.71. The number of ether oxygens (including phenoxy) is 1. The number of benzene rings is 2. The Labute approximate surface area is 134 Å². The van der Waals surface area contributed by atoms with Gasteiger partial charge in [0.25, 0.3) is 5.91 Å². The van der Waals surface area contributed by atoms with Crippen LogP contribution in [0.15, 0.2) is 42.5 Å². The van der Waals surface area contributed by atoms with E-state index in [0.717, 1.165) is 5.56 Å². The van der Waals surface area contributed by atoms with E-state index in [1.807, 2.05) is 18.2 Å². The number of carbonyl (C=O) groups excluding carboxylic acids is 2. The third kappa shape index (κ3) is 2.71. The lowest BCUT2D eigenvalue weighted by molar-refractivity contribution is -0.160. The minimum absolute atomic E-state index is 0.119. The fourth-order valence-electron chi connectivity index (χ4n) is 2.71. The van der Waals surface area contributed by atoms with E-state index in [1.165, 1.54) is 7.05 Å². The molecule has 0 spiro atoms. The highest BCUT2D eigenvalue weighted by atomic mass is 16.5. The first kappa shape index (κ1) is 15.2. The van der Waals surface area contributed by atoms with Gasteiger partial charge in [0.1, 0.15) is 12.4 Å². The molecule has 0 radical (unpaired) electrons. The van der Waals surface area contributed by atoms with Crippen LogP contribution in [0.3, 0.4) is 0 Å². The summed E-state index contributed by atoms with van der Waals surface area (Å²) in [5.41, 5.74) is 2.55. The molecule has 0 fully saturated rings. The fraction of sp³-hybridized carbons (Fsp3) is 0.222. The summed E-state index contributed by atoms with van der Waals surface area (Å²) >= 11 is 0. The lowest BCUT2D eigenvalue weighted by atomic mass is 9.93. The minimum atomic E-state index is -0.554. The van der Waals surface area contributed by atoms with Crippen LogP contribution >= 0.6 is 0 Å². The topological polar surface area (TPSA) is 66.8 Å². The smallest absolute Gasteiger partial charge is 0.252 e. The van der Waals surface area contributed by atoms with Gasteiger partial charge in [-0.25, -0.2) is 5.06 Å². The van der Waals surface area contributed by atoms with E-state index in [0.29, 0.717) is 34.1 Å². The average molecular weight is 311 g/mol. The van der Waals surface area contributed by atoms with Gasteiger partial charge in [-0.1, -0.05) is 30.3 Å². The molecule has 1 amide bonds. The molecule has 23 heavy (non-hydrogen) atoms. The van der Waals surface area contributed by atoms with E-state index in [-0.39, 0.29) is 5.78 Å². The summed E-state index contributed by atoms with van der Waals surface area (Å²) in [7, 11) is 1.28. The molecule has 1 atom stereocenters. The van der Waals surface area contributed by atoms with Crippen molar-refractivity contribution in [2.45, 2.75) is 19.4 Å². The standard InChI is InChI=1S/C18H17NO4/c1-11(18(21)19(2)22)12-7-8-16-15(9-12)17(20)14-6-4-3-5-13(14)10-23-16/h3-9,11,22H,10H2,1-2H3. The number of ketones is 1. The van der Waals surface area contributed by atoms with E-state index in [1.54, 1.807) is 31.2 Å². The predicted octanol–water partition coefficient (Wildman–Crippen LogP) is 2.76. The lowest BCUT2D eigenvalue weighted by Gasteiger charge is -2.16. The summed E-state index contributed by atoms with van der Waals surface area (Å²) in [5.74, 6) is -0.604. The second-order valence-electron chi connectivity index (χ2n) is 5.61. The van der Waals surface area contributed by atoms with E-state index in [9.17, 15) is 14.8 Å². The molecule has 0 saturated carbocycles. The number of nitrogens with zero attached hydrogens (tertiary/aromatic N) is 1. The molecule has 1 N–H and O–H groups in total. The molecule has 2 aromatic rings. The van der Waals surface area contributed by atoms with Crippen LogP contribution < -0.4 is 4.74 Å². The molecule has 118 valence electrons. The number of likely N-dealkylation sites (N-methyl/N-ethyl adjacent to an activating group) is 1. The largest absolute Gasteiger partial charge is 0.488 e. The second-order valence-corrected chi connectivity index (χ2v) is 5.61. The number of hydroxylamine groups is 2. The Hall–Kier alpha value is -2.66. The Bertz CT molecular complexity index is 782. The van der Waals surface area contributed by atoms with Crippen LogP contribution in [0.2, 0.25) is 0 Å². The number of hydrogen-bond acceptors (Lipinski definition) is 4. The monoisotopic (exact) mass is 311 g/mol. The molecule has 1 aliphatic rings. The minimum Gasteiger partial charge on any atom is -0.488 e. The zero-order valence-corrected chi connectivity index (χ0v) is 12.9. The summed E-state index contributed by atoms with van der Waals surface area (Å²) < 4.78 is 5.72. The summed E-state index contributed by atoms with van der Waals surface area (Å²) in [4.78, 5) is 24.7. The molecular formula is C18H17NO4. The van der Waals surface area contributed by atoms with Crippen LogP contribution in [0.25, 0.3) is 0 Å². The van der Waals surface area contributed by atoms with Gasteiger partial charge in [-0.2, -0.15) is 0 Å². The van der Waals surface area contributed by atoms with Crippen molar-refractivity contribution in [2.24, 2.45) is 0 Å². The molecule has 0 saturated heterocycles. The van der Waals surface area contributed by atoms with Crippen molar-refractivity contribution in [1.82, 2.24) is 5.06 Å². The summed E-state index contributed by atoms with van der Waals surface area (Å²) in [6, 6.07) is 12.5. The highest BCUT2D eigenvalue weighted by molar-refractivity contribution is 6.12. The normalized spacial score (nSPS) is 14.1. The molecular weight excluding hydrogens is 294 g/mol. The number of hydrogen-bond donors (Lipinski definition) is 1. The number of fused-ring (bicyclic) bond motifs is 2. The maximum Gasteiger partial charge on any atom is 0.252 e. The molecule has 0 bridgehead atoms. The zero-order chi connectivity index (χ0) is 16.6. The van der Waals surface area contributed by atoms with Gasteiger partial charge in [-0.3, -0.25) is 14.8 Å². The first-order chi connectivity index (χ1) is 11.0. The Morgan fingerprint density at radius 1 is 1.22 bits per heavy atom. The van der Waals surface area contributed by atoms with Gasteiger partial charge in [0.05, 0.1) is 11.5 Å². The van der Waals surface area contributed by atoms with E-state index < -0.39 is 11.8 Å². The highest BCUT2D eigenvalue weighted by Crippen LogP contribution is 2.31. The molecule has 0 aromatic heterocycles. The van der Waals surface area contributed by atoms with Gasteiger partial charge in [-0.05, 0) is 24.6 Å². The Kier molecular flexibility index (Phi) is 3.88. The molecule has 0 aliphatic carbocycles. The molecule has 5 nitrogen and oxygen atoms in total. The van der Waals surface area contributed by atoms with Crippen LogP contribution in [0, 0.1) is 0 Å². The maximum atomic E-state index is 12.8. The first-order valence-electron chi connectivity index (χ1n) is 7.35. The predicted molar refractivity (Wildman–Crippen MR) is 83.6 cm³/mol. The van der Waals surface area contributed by atoms with Crippen molar-refractivity contribution in [2.75, 3.05) is 7.05 Å².